The van der Waals surface area contributed by atoms with E-state index in [4.69, 9.17) is 25.8 Å². The number of hydrogen-bond donors (Lipinski definition) is 0. The van der Waals surface area contributed by atoms with Crippen LogP contribution in [0.25, 0.3) is 62.4 Å². The minimum Gasteiger partial charge on any atom is -0.495 e. The number of hydrogen-bond acceptors (Lipinski definition) is 16. The number of nitriles is 4. The Bertz CT molecular complexity index is 6010. The second-order valence-corrected chi connectivity index (χ2v) is 34.3. The summed E-state index contributed by atoms with van der Waals surface area (Å²) in [6.07, 6.45) is 17.6. The number of ether oxygens (including phenoxy) is 1. The molecule has 4 aromatic carbocycles. The maximum Gasteiger partial charge on any atom is 0.234 e. The van der Waals surface area contributed by atoms with Crippen molar-refractivity contribution in [1.29, 1.82) is 21.0 Å². The molecule has 15 aromatic rings. The van der Waals surface area contributed by atoms with E-state index in [2.05, 4.69) is 342 Å². The van der Waals surface area contributed by atoms with E-state index in [0.29, 0.717) is 46.0 Å². The average molecular weight is 1620 g/mol. The molecular weight excluding hydrogens is 1520 g/mol. The predicted molar refractivity (Wildman–Crippen MR) is 486 cm³/mol. The lowest BCUT2D eigenvalue weighted by Crippen LogP contribution is -2.31. The first-order valence-corrected chi connectivity index (χ1v) is 41.2. The molecule has 4 atom stereocenters. The second kappa shape index (κ2) is 37.8. The molecule has 123 heavy (non-hydrogen) atoms. The smallest absolute Gasteiger partial charge is 0.234 e. The van der Waals surface area contributed by atoms with Crippen LogP contribution in [0, 0.1) is 110 Å². The Kier molecular flexibility index (Phi) is 27.0. The molecule has 0 aliphatic rings. The molecule has 15 rings (SSSR count). The van der Waals surface area contributed by atoms with Gasteiger partial charge in [0.25, 0.3) is 0 Å². The fourth-order valence-corrected chi connectivity index (χ4v) is 15.8. The highest BCUT2D eigenvalue weighted by Gasteiger charge is 2.37. The molecule has 616 valence electrons. The standard InChI is InChI=1S/3C27H27N5.C23H23N3O/c1-18(2)27(5,25-14-8-21(16-28)17-29-25)23-11-9-22(10-12-23)24-13-15-26(31-30-24)32-19(3)6-7-20(32)4;1-18-6-7-19(2)32(18)26-30-16-23(17-31-26)21-9-11-22(12-10-21)25(27(3,4)5)24-13-8-20(14-28)15-29-24;1-18(2)27(5,25-13-8-21(14-28)15-29-25)24-11-9-22(10-12-24)23-16-30-26(31-17-23)32-19(3)6-7-20(32)4;1-23(2,3)22(21-10-5-16(12-24)13-26-21)18-8-6-17(7-9-18)19-11-20(27-4)15-25-14-19/h6-15,17-18H,1-5H3;6-13,15-17,25H,1-5H3;6-13,15-18H,1-5H3;5-11,13-15,22H,1-4H3. The highest BCUT2D eigenvalue weighted by molar-refractivity contribution is 5.67. The Morgan fingerprint density at radius 2 is 0.659 bits per heavy atom. The molecule has 19 heteroatoms. The van der Waals surface area contributed by atoms with Crippen molar-refractivity contribution < 1.29 is 4.74 Å². The lowest BCUT2D eigenvalue weighted by Gasteiger charge is -2.34. The topological polar surface area (TPSA) is 261 Å². The van der Waals surface area contributed by atoms with E-state index in [1.54, 1.807) is 38.1 Å². The SMILES string of the molecule is COc1cncc(-c2ccc(C(c3ccc(C#N)cn3)C(C)(C)C)cc2)c1.Cc1ccc(C)n1-c1ccc(-c2ccc(C(C)(c3ccc(C#N)cn3)C(C)C)cc2)nn1.Cc1ccc(C)n1-c1ncc(-c2ccc(C(C)(c3ccc(C#N)cn3)C(C)C)cc2)cn1.Cc1ccc(C)n1-c1ncc(-c2ccc(C(c3ccc(C#N)cn3)C(C)(C)C)cc2)cn1. The van der Waals surface area contributed by atoms with Crippen LogP contribution in [0.1, 0.15) is 196 Å². The van der Waals surface area contributed by atoms with Gasteiger partial charge in [-0.15, -0.1) is 10.2 Å². The molecule has 0 radical (unpaired) electrons. The van der Waals surface area contributed by atoms with E-state index >= 15 is 0 Å². The summed E-state index contributed by atoms with van der Waals surface area (Å²) < 4.78 is 11.5. The molecular formula is C104H104N18O. The van der Waals surface area contributed by atoms with Gasteiger partial charge >= 0.3 is 0 Å². The van der Waals surface area contributed by atoms with Crippen LogP contribution in [-0.2, 0) is 10.8 Å². The fraction of sp³-hybridized carbons (Fsp3) is 0.260. The molecule has 0 saturated carbocycles. The lowest BCUT2D eigenvalue weighted by atomic mass is 9.70. The van der Waals surface area contributed by atoms with E-state index in [9.17, 15) is 0 Å². The van der Waals surface area contributed by atoms with Gasteiger partial charge in [-0.25, -0.2) is 19.9 Å². The summed E-state index contributed by atoms with van der Waals surface area (Å²) >= 11 is 0. The molecule has 0 aliphatic heterocycles. The van der Waals surface area contributed by atoms with Crippen molar-refractivity contribution in [2.45, 2.75) is 147 Å². The van der Waals surface area contributed by atoms with Crippen LogP contribution in [0.3, 0.4) is 0 Å². The molecule has 0 amide bonds. The first kappa shape index (κ1) is 87.8. The summed E-state index contributed by atoms with van der Waals surface area (Å²) in [7, 11) is 1.64. The first-order valence-electron chi connectivity index (χ1n) is 41.2. The van der Waals surface area contributed by atoms with Gasteiger partial charge in [0, 0.05) is 146 Å². The van der Waals surface area contributed by atoms with E-state index in [1.807, 2.05) is 107 Å². The van der Waals surface area contributed by atoms with Crippen LogP contribution in [-0.4, -0.2) is 75.9 Å². The summed E-state index contributed by atoms with van der Waals surface area (Å²) in [6.45, 7) is 38.8. The van der Waals surface area contributed by atoms with Gasteiger partial charge in [0.1, 0.15) is 30.0 Å². The number of aromatic nitrogens is 14. The van der Waals surface area contributed by atoms with Crippen LogP contribution in [0.2, 0.25) is 0 Å². The monoisotopic (exact) mass is 1620 g/mol. The minimum absolute atomic E-state index is 0.0137. The van der Waals surface area contributed by atoms with Crippen molar-refractivity contribution in [3.05, 3.63) is 364 Å². The number of nitrogens with zero attached hydrogens (tertiary/aromatic N) is 18. The Morgan fingerprint density at radius 3 is 0.967 bits per heavy atom. The third-order valence-corrected chi connectivity index (χ3v) is 23.4. The predicted octanol–water partition coefficient (Wildman–Crippen LogP) is 22.8. The van der Waals surface area contributed by atoms with Crippen LogP contribution >= 0.6 is 0 Å². The zero-order chi connectivity index (χ0) is 88.1. The number of pyridine rings is 5. The van der Waals surface area contributed by atoms with E-state index in [1.165, 1.54) is 22.3 Å². The van der Waals surface area contributed by atoms with Crippen molar-refractivity contribution in [3.63, 3.8) is 0 Å². The molecule has 0 saturated heterocycles. The van der Waals surface area contributed by atoms with Gasteiger partial charge in [0.15, 0.2) is 5.82 Å². The highest BCUT2D eigenvalue weighted by Crippen LogP contribution is 2.44. The van der Waals surface area contributed by atoms with Crippen LogP contribution < -0.4 is 4.74 Å². The number of benzene rings is 4. The second-order valence-electron chi connectivity index (χ2n) is 34.3. The largest absolute Gasteiger partial charge is 0.495 e. The third-order valence-electron chi connectivity index (χ3n) is 23.4. The Balaban J connectivity index is 0.000000150. The normalized spacial score (nSPS) is 12.7. The first-order chi connectivity index (χ1) is 58.9. The summed E-state index contributed by atoms with van der Waals surface area (Å²) in [5, 5.41) is 45.2. The molecule has 19 nitrogen and oxygen atoms in total. The maximum atomic E-state index is 9.09. The summed E-state index contributed by atoms with van der Waals surface area (Å²) in [5.74, 6) is 3.82. The van der Waals surface area contributed by atoms with Gasteiger partial charge < -0.3 is 9.30 Å². The minimum atomic E-state index is -0.272. The van der Waals surface area contributed by atoms with E-state index < -0.39 is 0 Å². The van der Waals surface area contributed by atoms with Gasteiger partial charge in [0.2, 0.25) is 11.9 Å². The van der Waals surface area contributed by atoms with Gasteiger partial charge in [-0.2, -0.15) is 21.0 Å². The maximum absolute atomic E-state index is 9.09. The van der Waals surface area contributed by atoms with E-state index in [0.717, 1.165) is 113 Å². The molecule has 11 heterocycles. The molecule has 0 bridgehead atoms. The molecule has 0 aliphatic carbocycles. The molecule has 0 spiro atoms. The number of rotatable bonds is 18. The number of aryl methyl sites for hydroxylation is 6. The highest BCUT2D eigenvalue weighted by atomic mass is 16.5. The summed E-state index contributed by atoms with van der Waals surface area (Å²) in [4.78, 5) is 40.9. The Hall–Kier alpha value is -14.5. The average Bonchev–Trinajstić information content (AvgIpc) is 1.52. The zero-order valence-electron chi connectivity index (χ0n) is 73.6. The third kappa shape index (κ3) is 19.7. The van der Waals surface area contributed by atoms with Crippen molar-refractivity contribution in [1.82, 2.24) is 68.8 Å². The quantitative estimate of drug-likeness (QED) is 0.0773. The number of methoxy groups -OCH3 is 1. The van der Waals surface area contributed by atoms with Gasteiger partial charge in [-0.3, -0.25) is 34.1 Å². The van der Waals surface area contributed by atoms with Gasteiger partial charge in [-0.1, -0.05) is 166 Å². The van der Waals surface area contributed by atoms with Crippen molar-refractivity contribution in [3.8, 4) is 92.4 Å². The van der Waals surface area contributed by atoms with Crippen LogP contribution in [0.4, 0.5) is 0 Å². The lowest BCUT2D eigenvalue weighted by molar-refractivity contribution is 0.353. The van der Waals surface area contributed by atoms with Crippen molar-refractivity contribution >= 4 is 0 Å². The summed E-state index contributed by atoms with van der Waals surface area (Å²) in [5.41, 5.74) is 25.1. The Morgan fingerprint density at radius 1 is 0.317 bits per heavy atom. The van der Waals surface area contributed by atoms with Crippen LogP contribution in [0.15, 0.2) is 262 Å². The van der Waals surface area contributed by atoms with Crippen LogP contribution in [0.5, 0.6) is 5.75 Å². The molecule has 4 unspecified atom stereocenters. The zero-order valence-corrected chi connectivity index (χ0v) is 73.6. The molecule has 0 N–H and O–H groups in total. The van der Waals surface area contributed by atoms with Gasteiger partial charge in [-0.05, 0) is 220 Å². The molecule has 11 aromatic heterocycles. The summed E-state index contributed by atoms with van der Waals surface area (Å²) in [6, 6.07) is 76.2. The van der Waals surface area contributed by atoms with Crippen molar-refractivity contribution in [2.24, 2.45) is 22.7 Å². The van der Waals surface area contributed by atoms with E-state index in [-0.39, 0.29) is 33.5 Å². The Labute approximate surface area is 723 Å². The fourth-order valence-electron chi connectivity index (χ4n) is 15.8. The van der Waals surface area contributed by atoms with Crippen molar-refractivity contribution in [2.75, 3.05) is 7.11 Å². The molecule has 0 fully saturated rings. The van der Waals surface area contributed by atoms with Gasteiger partial charge in [0.05, 0.1) is 52.6 Å².